The lowest BCUT2D eigenvalue weighted by molar-refractivity contribution is -0.344. The number of carbonyl (C=O) groups is 7. The third-order valence-electron chi connectivity index (χ3n) is 6.08. The predicted octanol–water partition coefficient (Wildman–Crippen LogP) is -0.291. The van der Waals surface area contributed by atoms with E-state index in [2.05, 4.69) is 22.4 Å². The minimum Gasteiger partial charge on any atom is -0.463 e. The van der Waals surface area contributed by atoms with Gasteiger partial charge in [-0.3, -0.25) is 33.6 Å². The Morgan fingerprint density at radius 1 is 0.543 bits per heavy atom. The zero-order valence-corrected chi connectivity index (χ0v) is 26.8. The van der Waals surface area contributed by atoms with E-state index in [0.717, 1.165) is 48.5 Å². The van der Waals surface area contributed by atoms with Crippen molar-refractivity contribution in [2.45, 2.75) is 110 Å². The van der Waals surface area contributed by atoms with Crippen molar-refractivity contribution in [1.29, 1.82) is 0 Å². The van der Waals surface area contributed by atoms with Gasteiger partial charge in [-0.25, -0.2) is 0 Å². The molecule has 0 saturated carbocycles. The first-order chi connectivity index (χ1) is 21.5. The summed E-state index contributed by atoms with van der Waals surface area (Å²) in [6.07, 6.45) is -15.4. The van der Waals surface area contributed by atoms with Crippen LogP contribution in [0, 0.1) is 0 Å². The number of thiocarbonyl (C=S) groups is 1. The third kappa shape index (κ3) is 11.4. The first kappa shape index (κ1) is 38.2. The van der Waals surface area contributed by atoms with E-state index < -0.39 is 116 Å². The molecule has 0 aliphatic carbocycles. The van der Waals surface area contributed by atoms with Gasteiger partial charge in [-0.2, -0.15) is 4.99 Å². The zero-order valence-electron chi connectivity index (χ0n) is 26.0. The smallest absolute Gasteiger partial charge is 0.303 e. The molecule has 0 aromatic rings. The molecule has 0 spiro atoms. The van der Waals surface area contributed by atoms with Crippen LogP contribution in [0.3, 0.4) is 0 Å². The normalized spacial score (nSPS) is 30.3. The Balaban J connectivity index is 2.73. The van der Waals surface area contributed by atoms with Gasteiger partial charge in [-0.05, 0) is 12.2 Å². The first-order valence-corrected chi connectivity index (χ1v) is 14.1. The zero-order chi connectivity index (χ0) is 34.7. The van der Waals surface area contributed by atoms with Crippen molar-refractivity contribution in [1.82, 2.24) is 0 Å². The van der Waals surface area contributed by atoms with Crippen LogP contribution in [-0.4, -0.2) is 122 Å². The van der Waals surface area contributed by atoms with Gasteiger partial charge in [0.15, 0.2) is 43.0 Å². The molecule has 0 amide bonds. The molecule has 0 aromatic carbocycles. The van der Waals surface area contributed by atoms with Crippen LogP contribution in [0.5, 0.6) is 0 Å². The van der Waals surface area contributed by atoms with Crippen LogP contribution in [0.2, 0.25) is 0 Å². The molecule has 0 bridgehead atoms. The second kappa shape index (κ2) is 17.6. The quantitative estimate of drug-likeness (QED) is 0.112. The highest BCUT2D eigenvalue weighted by molar-refractivity contribution is 7.78. The average molecular weight is 678 g/mol. The number of carbonyl (C=O) groups excluding carboxylic acids is 7. The van der Waals surface area contributed by atoms with Gasteiger partial charge in [-0.1, -0.05) is 0 Å². The van der Waals surface area contributed by atoms with Crippen molar-refractivity contribution in [3.05, 3.63) is 0 Å². The molecule has 2 rings (SSSR count). The molecule has 18 nitrogen and oxygen atoms in total. The van der Waals surface area contributed by atoms with Crippen molar-refractivity contribution in [3.63, 3.8) is 0 Å². The standard InChI is InChI=1S/C27H35NO17S/c1-11(29)36-8-18-21(22(39-14(4)32)24(41-16(6)34)26(43-18)28-10-46)45-27-25(42-17(7)35)23(40-15(5)33)20(38-13(3)31)19(44-27)9-37-12(2)30/h18-27H,8-9H2,1-7H3/t18-,19-,20-,21-,22+,23+,24-,25-,26+,27+/m1/s1. The van der Waals surface area contributed by atoms with Gasteiger partial charge in [0.25, 0.3) is 0 Å². The molecule has 10 atom stereocenters. The molecule has 2 saturated heterocycles. The summed E-state index contributed by atoms with van der Waals surface area (Å²) in [4.78, 5) is 88.1. The second-order valence-electron chi connectivity index (χ2n) is 9.90. The summed E-state index contributed by atoms with van der Waals surface area (Å²) in [5.74, 6) is -5.88. The second-order valence-corrected chi connectivity index (χ2v) is 10.1. The number of hydrogen-bond acceptors (Lipinski definition) is 19. The van der Waals surface area contributed by atoms with Gasteiger partial charge < -0.3 is 47.4 Å². The number of rotatable bonds is 12. The van der Waals surface area contributed by atoms with Gasteiger partial charge in [0.1, 0.15) is 31.5 Å². The fourth-order valence-electron chi connectivity index (χ4n) is 4.65. The van der Waals surface area contributed by atoms with E-state index in [-0.39, 0.29) is 0 Å². The Morgan fingerprint density at radius 2 is 0.935 bits per heavy atom. The molecule has 0 unspecified atom stereocenters. The minimum atomic E-state index is -1.78. The van der Waals surface area contributed by atoms with Crippen LogP contribution in [0.4, 0.5) is 0 Å². The van der Waals surface area contributed by atoms with Gasteiger partial charge in [0, 0.05) is 48.5 Å². The van der Waals surface area contributed by atoms with Crippen LogP contribution >= 0.6 is 12.2 Å². The predicted molar refractivity (Wildman–Crippen MR) is 148 cm³/mol. The molecular formula is C27H35NO17S. The molecular weight excluding hydrogens is 642 g/mol. The van der Waals surface area contributed by atoms with Crippen molar-refractivity contribution < 1.29 is 80.9 Å². The number of ether oxygens (including phenoxy) is 10. The lowest BCUT2D eigenvalue weighted by atomic mass is 9.95. The fourth-order valence-corrected chi connectivity index (χ4v) is 4.75. The summed E-state index contributed by atoms with van der Waals surface area (Å²) in [5, 5.41) is 2.09. The number of nitrogens with zero attached hydrogens (tertiary/aromatic N) is 1. The van der Waals surface area contributed by atoms with Crippen molar-refractivity contribution >= 4 is 59.2 Å². The van der Waals surface area contributed by atoms with E-state index >= 15 is 0 Å². The maximum atomic E-state index is 12.3. The lowest BCUT2D eigenvalue weighted by Crippen LogP contribution is -2.67. The van der Waals surface area contributed by atoms with Crippen LogP contribution in [0.25, 0.3) is 0 Å². The topological polar surface area (TPSA) is 224 Å². The highest BCUT2D eigenvalue weighted by atomic mass is 32.1. The molecule has 2 aliphatic heterocycles. The average Bonchev–Trinajstić information content (AvgIpc) is 2.91. The van der Waals surface area contributed by atoms with Crippen LogP contribution < -0.4 is 0 Å². The molecule has 2 aliphatic rings. The van der Waals surface area contributed by atoms with Gasteiger partial charge in [0.05, 0.1) is 5.16 Å². The van der Waals surface area contributed by atoms with Crippen molar-refractivity contribution in [2.75, 3.05) is 13.2 Å². The first-order valence-electron chi connectivity index (χ1n) is 13.7. The summed E-state index contributed by atoms with van der Waals surface area (Å²) in [6, 6.07) is 0. The third-order valence-corrected chi connectivity index (χ3v) is 6.19. The molecule has 0 radical (unpaired) electrons. The maximum absolute atomic E-state index is 12.3. The lowest BCUT2D eigenvalue weighted by Gasteiger charge is -2.48. The Kier molecular flexibility index (Phi) is 14.6. The van der Waals surface area contributed by atoms with E-state index in [4.69, 9.17) is 47.4 Å². The number of hydrogen-bond donors (Lipinski definition) is 0. The molecule has 0 aromatic heterocycles. The van der Waals surface area contributed by atoms with Gasteiger partial charge in [-0.15, -0.1) is 0 Å². The molecule has 2 fully saturated rings. The Morgan fingerprint density at radius 3 is 1.37 bits per heavy atom. The Bertz CT molecular complexity index is 1220. The van der Waals surface area contributed by atoms with Crippen molar-refractivity contribution in [3.8, 4) is 0 Å². The van der Waals surface area contributed by atoms with Crippen molar-refractivity contribution in [2.24, 2.45) is 4.99 Å². The number of isothiocyanates is 1. The summed E-state index contributed by atoms with van der Waals surface area (Å²) >= 11 is 4.69. The van der Waals surface area contributed by atoms with Crippen LogP contribution in [-0.2, 0) is 80.9 Å². The summed E-state index contributed by atoms with van der Waals surface area (Å²) < 4.78 is 55.3. The van der Waals surface area contributed by atoms with Gasteiger partial charge in [0.2, 0.25) is 0 Å². The molecule has 2 heterocycles. The summed E-state index contributed by atoms with van der Waals surface area (Å²) in [6.45, 7) is 6.30. The molecule has 0 N–H and O–H groups in total. The van der Waals surface area contributed by atoms with E-state index in [1.807, 2.05) is 0 Å². The SMILES string of the molecule is CC(=O)OC[C@H]1O[C@H](N=C=S)[C@H](OC(C)=O)[C@@H](OC(C)=O)[C@@H]1O[C@@H]1O[C@H](COC(C)=O)[C@@H](OC(C)=O)[C@H](OC(C)=O)[C@H]1OC(C)=O. The highest BCUT2D eigenvalue weighted by Gasteiger charge is 2.57. The Labute approximate surface area is 268 Å². The van der Waals surface area contributed by atoms with E-state index in [9.17, 15) is 33.6 Å². The highest BCUT2D eigenvalue weighted by Crippen LogP contribution is 2.35. The molecule has 256 valence electrons. The summed E-state index contributed by atoms with van der Waals surface area (Å²) in [7, 11) is 0. The van der Waals surface area contributed by atoms with Gasteiger partial charge >= 0.3 is 41.8 Å². The van der Waals surface area contributed by atoms with E-state index in [1.54, 1.807) is 0 Å². The molecule has 19 heteroatoms. The summed E-state index contributed by atoms with van der Waals surface area (Å²) in [5.41, 5.74) is 0. The fraction of sp³-hybridized carbons (Fsp3) is 0.704. The van der Waals surface area contributed by atoms with Crippen LogP contribution in [0.15, 0.2) is 4.99 Å². The number of esters is 7. The Hall–Kier alpha value is -4.03. The maximum Gasteiger partial charge on any atom is 0.303 e. The minimum absolute atomic E-state index is 0.542. The number of aliphatic imine (C=N–C) groups is 1. The van der Waals surface area contributed by atoms with Crippen LogP contribution in [0.1, 0.15) is 48.5 Å². The van der Waals surface area contributed by atoms with E-state index in [0.29, 0.717) is 0 Å². The monoisotopic (exact) mass is 677 g/mol. The largest absolute Gasteiger partial charge is 0.463 e. The van der Waals surface area contributed by atoms with E-state index in [1.165, 1.54) is 0 Å². The molecule has 46 heavy (non-hydrogen) atoms.